The molecule has 0 aliphatic rings. The predicted octanol–water partition coefficient (Wildman–Crippen LogP) is 4.14. The van der Waals surface area contributed by atoms with E-state index < -0.39 is 0 Å². The van der Waals surface area contributed by atoms with Crippen LogP contribution in [0.15, 0.2) is 61.2 Å². The van der Waals surface area contributed by atoms with Gasteiger partial charge in [0.25, 0.3) is 0 Å². The number of hydrogen-bond acceptors (Lipinski definition) is 2. The lowest BCUT2D eigenvalue weighted by molar-refractivity contribution is -0.121. The molecule has 0 aliphatic carbocycles. The van der Waals surface area contributed by atoms with E-state index in [1.54, 1.807) is 0 Å². The highest BCUT2D eigenvalue weighted by Crippen LogP contribution is 2.15. The first-order valence-electron chi connectivity index (χ1n) is 9.77. The summed E-state index contributed by atoms with van der Waals surface area (Å²) in [5.74, 6) is 0.137. The minimum Gasteiger partial charge on any atom is -0.355 e. The van der Waals surface area contributed by atoms with Crippen LogP contribution in [0, 0.1) is 6.92 Å². The number of amides is 1. The molecule has 144 valence electrons. The quantitative estimate of drug-likeness (QED) is 0.608. The van der Waals surface area contributed by atoms with Crippen LogP contribution in [0.2, 0.25) is 0 Å². The summed E-state index contributed by atoms with van der Waals surface area (Å²) in [5, 5.41) is 2.99. The Morgan fingerprint density at radius 3 is 2.52 bits per heavy atom. The molecule has 0 aromatic heterocycles. The van der Waals surface area contributed by atoms with Gasteiger partial charge in [0.15, 0.2) is 0 Å². The Balaban J connectivity index is 1.68. The predicted molar refractivity (Wildman–Crippen MR) is 114 cm³/mol. The van der Waals surface area contributed by atoms with Gasteiger partial charge >= 0.3 is 0 Å². The van der Waals surface area contributed by atoms with Crippen LogP contribution in [-0.4, -0.2) is 37.5 Å². The van der Waals surface area contributed by atoms with Crippen molar-refractivity contribution in [2.75, 3.05) is 26.7 Å². The Labute approximate surface area is 164 Å². The van der Waals surface area contributed by atoms with E-state index in [9.17, 15) is 4.79 Å². The molecular weight excluding hydrogens is 332 g/mol. The zero-order valence-corrected chi connectivity index (χ0v) is 16.7. The van der Waals surface area contributed by atoms with Crippen LogP contribution >= 0.6 is 0 Å². The summed E-state index contributed by atoms with van der Waals surface area (Å²) in [6, 6.07) is 17.3. The number of nitrogens with zero attached hydrogens (tertiary/aromatic N) is 1. The number of carbonyl (C=O) groups excluding carboxylic acids is 1. The van der Waals surface area contributed by atoms with Crippen molar-refractivity contribution in [1.29, 1.82) is 0 Å². The second-order valence-electron chi connectivity index (χ2n) is 7.17. The molecule has 27 heavy (non-hydrogen) atoms. The van der Waals surface area contributed by atoms with Crippen molar-refractivity contribution in [1.82, 2.24) is 10.2 Å². The van der Waals surface area contributed by atoms with Crippen LogP contribution < -0.4 is 5.32 Å². The van der Waals surface area contributed by atoms with Crippen LogP contribution in [0.5, 0.6) is 0 Å². The first-order chi connectivity index (χ1) is 13.1. The van der Waals surface area contributed by atoms with E-state index in [0.29, 0.717) is 13.0 Å². The Kier molecular flexibility index (Phi) is 8.79. The number of rotatable bonds is 11. The second kappa shape index (κ2) is 11.3. The summed E-state index contributed by atoms with van der Waals surface area (Å²) >= 11 is 0. The molecule has 1 amide bonds. The van der Waals surface area contributed by atoms with E-state index in [2.05, 4.69) is 72.3 Å². The number of carbonyl (C=O) groups is 1. The summed E-state index contributed by atoms with van der Waals surface area (Å²) in [6.07, 6.45) is 5.24. The summed E-state index contributed by atoms with van der Waals surface area (Å²) in [4.78, 5) is 14.0. The van der Waals surface area contributed by atoms with Gasteiger partial charge in [0, 0.05) is 26.1 Å². The van der Waals surface area contributed by atoms with Gasteiger partial charge in [-0.1, -0.05) is 54.6 Å². The normalized spacial score (nSPS) is 10.8. The van der Waals surface area contributed by atoms with Gasteiger partial charge in [-0.25, -0.2) is 0 Å². The third kappa shape index (κ3) is 7.79. The molecule has 0 unspecified atom stereocenters. The summed E-state index contributed by atoms with van der Waals surface area (Å²) in [6.45, 7) is 8.25. The second-order valence-corrected chi connectivity index (χ2v) is 7.17. The molecule has 0 saturated carbocycles. The lowest BCUT2D eigenvalue weighted by Gasteiger charge is -2.14. The molecule has 0 heterocycles. The maximum atomic E-state index is 11.9. The van der Waals surface area contributed by atoms with Crippen molar-refractivity contribution in [2.24, 2.45) is 0 Å². The minimum absolute atomic E-state index is 0.137. The Bertz CT molecular complexity index is 721. The van der Waals surface area contributed by atoms with Crippen LogP contribution in [-0.2, 0) is 17.6 Å². The van der Waals surface area contributed by atoms with Crippen molar-refractivity contribution in [3.8, 4) is 0 Å². The van der Waals surface area contributed by atoms with Crippen LogP contribution in [0.4, 0.5) is 0 Å². The molecule has 3 nitrogen and oxygen atoms in total. The summed E-state index contributed by atoms with van der Waals surface area (Å²) < 4.78 is 0. The van der Waals surface area contributed by atoms with Gasteiger partial charge in [0.2, 0.25) is 5.91 Å². The van der Waals surface area contributed by atoms with E-state index >= 15 is 0 Å². The van der Waals surface area contributed by atoms with Gasteiger partial charge in [-0.05, 0) is 55.5 Å². The topological polar surface area (TPSA) is 32.3 Å². The molecule has 0 radical (unpaired) electrons. The van der Waals surface area contributed by atoms with Gasteiger partial charge in [0.1, 0.15) is 0 Å². The number of nitrogens with one attached hydrogen (secondary N) is 1. The van der Waals surface area contributed by atoms with E-state index in [1.165, 1.54) is 22.3 Å². The molecule has 2 aromatic rings. The molecule has 0 spiro atoms. The van der Waals surface area contributed by atoms with E-state index in [-0.39, 0.29) is 5.91 Å². The van der Waals surface area contributed by atoms with Crippen molar-refractivity contribution < 1.29 is 4.79 Å². The fourth-order valence-electron chi connectivity index (χ4n) is 3.09. The average Bonchev–Trinajstić information content (AvgIpc) is 2.65. The molecule has 2 rings (SSSR count). The molecular formula is C24H32N2O. The number of aryl methyl sites for hydroxylation is 2. The molecule has 0 atom stereocenters. The van der Waals surface area contributed by atoms with Gasteiger partial charge < -0.3 is 10.2 Å². The van der Waals surface area contributed by atoms with Crippen molar-refractivity contribution in [2.45, 2.75) is 32.6 Å². The van der Waals surface area contributed by atoms with Gasteiger partial charge in [-0.3, -0.25) is 4.79 Å². The van der Waals surface area contributed by atoms with E-state index in [0.717, 1.165) is 32.4 Å². The minimum atomic E-state index is 0.137. The first kappa shape index (κ1) is 20.9. The van der Waals surface area contributed by atoms with E-state index in [1.807, 2.05) is 13.1 Å². The Hall–Kier alpha value is -2.39. The molecule has 0 bridgehead atoms. The molecule has 3 heteroatoms. The largest absolute Gasteiger partial charge is 0.355 e. The average molecular weight is 365 g/mol. The maximum Gasteiger partial charge on any atom is 0.220 e. The summed E-state index contributed by atoms with van der Waals surface area (Å²) in [5.41, 5.74) is 5.33. The number of hydrogen-bond donors (Lipinski definition) is 1. The van der Waals surface area contributed by atoms with E-state index in [4.69, 9.17) is 0 Å². The maximum absolute atomic E-state index is 11.9. The van der Waals surface area contributed by atoms with Gasteiger partial charge in [-0.15, -0.1) is 6.58 Å². The zero-order chi connectivity index (χ0) is 19.5. The third-order valence-electron chi connectivity index (χ3n) is 4.80. The first-order valence-corrected chi connectivity index (χ1v) is 9.77. The van der Waals surface area contributed by atoms with Crippen LogP contribution in [0.25, 0.3) is 0 Å². The fourth-order valence-corrected chi connectivity index (χ4v) is 3.09. The van der Waals surface area contributed by atoms with Gasteiger partial charge in [-0.2, -0.15) is 0 Å². The van der Waals surface area contributed by atoms with Crippen molar-refractivity contribution >= 4 is 5.91 Å². The van der Waals surface area contributed by atoms with Gasteiger partial charge in [0.05, 0.1) is 0 Å². The van der Waals surface area contributed by atoms with Crippen molar-refractivity contribution in [3.05, 3.63) is 83.4 Å². The molecule has 0 saturated heterocycles. The molecule has 0 aliphatic heterocycles. The highest BCUT2D eigenvalue weighted by atomic mass is 16.1. The SMILES string of the molecule is C=CCN(C)CCNC(=O)CCCc1ccc(Cc2ccccc2C)cc1. The third-order valence-corrected chi connectivity index (χ3v) is 4.80. The number of likely N-dealkylation sites (N-methyl/N-ethyl adjacent to an activating group) is 1. The standard InChI is InChI=1S/C24H32N2O/c1-4-17-26(3)18-16-25-24(27)11-7-9-21-12-14-22(15-13-21)19-23-10-6-5-8-20(23)2/h4-6,8,10,12-15H,1,7,9,11,16-19H2,2-3H3,(H,25,27). The number of benzene rings is 2. The highest BCUT2D eigenvalue weighted by molar-refractivity contribution is 5.75. The van der Waals surface area contributed by atoms with Crippen LogP contribution in [0.1, 0.15) is 35.1 Å². The highest BCUT2D eigenvalue weighted by Gasteiger charge is 2.04. The lowest BCUT2D eigenvalue weighted by Crippen LogP contribution is -2.32. The molecule has 2 aromatic carbocycles. The Morgan fingerprint density at radius 1 is 1.11 bits per heavy atom. The molecule has 0 fully saturated rings. The monoisotopic (exact) mass is 364 g/mol. The fraction of sp³-hybridized carbons (Fsp3) is 0.375. The molecule has 1 N–H and O–H groups in total. The smallest absolute Gasteiger partial charge is 0.220 e. The zero-order valence-electron chi connectivity index (χ0n) is 16.7. The van der Waals surface area contributed by atoms with Crippen LogP contribution in [0.3, 0.4) is 0 Å². The lowest BCUT2D eigenvalue weighted by atomic mass is 9.99. The summed E-state index contributed by atoms with van der Waals surface area (Å²) in [7, 11) is 2.02. The Morgan fingerprint density at radius 2 is 1.81 bits per heavy atom. The van der Waals surface area contributed by atoms with Crippen molar-refractivity contribution in [3.63, 3.8) is 0 Å².